The molecule has 0 fully saturated rings. The fraction of sp³-hybridized carbons (Fsp3) is 0.857. The highest BCUT2D eigenvalue weighted by Gasteiger charge is 2.08. The first kappa shape index (κ1) is 11.2. The molecule has 1 atom stereocenters. The van der Waals surface area contributed by atoms with Crippen molar-refractivity contribution in [1.29, 1.82) is 0 Å². The van der Waals surface area contributed by atoms with Crippen molar-refractivity contribution in [1.82, 2.24) is 3.53 Å². The van der Waals surface area contributed by atoms with Crippen LogP contribution in [0.5, 0.6) is 0 Å². The molecule has 11 heavy (non-hydrogen) atoms. The van der Waals surface area contributed by atoms with Crippen LogP contribution in [0.3, 0.4) is 0 Å². The number of halogens is 1. The van der Waals surface area contributed by atoms with E-state index in [1.165, 1.54) is 0 Å². The SMILES string of the molecule is C[C@@H](CCCCNI)C(=O)O. The van der Waals surface area contributed by atoms with E-state index in [4.69, 9.17) is 5.11 Å². The predicted molar refractivity (Wildman–Crippen MR) is 52.7 cm³/mol. The smallest absolute Gasteiger partial charge is 0.306 e. The van der Waals surface area contributed by atoms with Gasteiger partial charge in [0.2, 0.25) is 0 Å². The van der Waals surface area contributed by atoms with Gasteiger partial charge in [0, 0.05) is 29.4 Å². The van der Waals surface area contributed by atoms with Gasteiger partial charge >= 0.3 is 5.97 Å². The number of rotatable bonds is 6. The molecule has 0 aliphatic carbocycles. The molecule has 0 aliphatic heterocycles. The van der Waals surface area contributed by atoms with Crippen LogP contribution in [0.2, 0.25) is 0 Å². The standard InChI is InChI=1S/C7H14INO2/c1-6(7(10)11)4-2-3-5-9-8/h6,9H,2-5H2,1H3,(H,10,11)/t6-/m0/s1. The summed E-state index contributed by atoms with van der Waals surface area (Å²) >= 11 is 2.09. The van der Waals surface area contributed by atoms with Crippen LogP contribution in [-0.4, -0.2) is 17.6 Å². The zero-order valence-corrected chi connectivity index (χ0v) is 8.80. The van der Waals surface area contributed by atoms with Gasteiger partial charge in [-0.05, 0) is 12.8 Å². The van der Waals surface area contributed by atoms with Gasteiger partial charge in [-0.1, -0.05) is 13.3 Å². The zero-order chi connectivity index (χ0) is 8.69. The van der Waals surface area contributed by atoms with Crippen molar-refractivity contribution < 1.29 is 9.90 Å². The fourth-order valence-corrected chi connectivity index (χ4v) is 1.15. The Balaban J connectivity index is 3.17. The van der Waals surface area contributed by atoms with E-state index in [2.05, 4.69) is 26.4 Å². The largest absolute Gasteiger partial charge is 0.481 e. The molecule has 0 amide bonds. The predicted octanol–water partition coefficient (Wildman–Crippen LogP) is 1.82. The summed E-state index contributed by atoms with van der Waals surface area (Å²) in [6.07, 6.45) is 2.83. The van der Waals surface area contributed by atoms with Crippen molar-refractivity contribution in [2.75, 3.05) is 6.54 Å². The molecular weight excluding hydrogens is 257 g/mol. The van der Waals surface area contributed by atoms with Gasteiger partial charge in [0.1, 0.15) is 0 Å². The van der Waals surface area contributed by atoms with Gasteiger partial charge in [-0.15, -0.1) is 0 Å². The van der Waals surface area contributed by atoms with Gasteiger partial charge in [-0.2, -0.15) is 0 Å². The number of nitrogens with one attached hydrogen (secondary N) is 1. The van der Waals surface area contributed by atoms with Crippen molar-refractivity contribution in [3.8, 4) is 0 Å². The molecule has 66 valence electrons. The molecule has 0 saturated carbocycles. The Morgan fingerprint density at radius 3 is 2.73 bits per heavy atom. The molecular formula is C7H14INO2. The second kappa shape index (κ2) is 6.84. The van der Waals surface area contributed by atoms with Gasteiger partial charge in [-0.25, -0.2) is 0 Å². The molecule has 0 radical (unpaired) electrons. The topological polar surface area (TPSA) is 49.3 Å². The second-order valence-corrected chi connectivity index (χ2v) is 3.38. The Hall–Kier alpha value is 0.160. The van der Waals surface area contributed by atoms with Crippen LogP contribution < -0.4 is 3.53 Å². The number of hydrogen-bond donors (Lipinski definition) is 2. The molecule has 0 aromatic rings. The van der Waals surface area contributed by atoms with E-state index in [0.717, 1.165) is 25.8 Å². The van der Waals surface area contributed by atoms with Crippen LogP contribution in [0, 0.1) is 5.92 Å². The Morgan fingerprint density at radius 1 is 1.64 bits per heavy atom. The lowest BCUT2D eigenvalue weighted by Crippen LogP contribution is -2.10. The molecule has 0 aromatic heterocycles. The average molecular weight is 271 g/mol. The van der Waals surface area contributed by atoms with E-state index in [-0.39, 0.29) is 5.92 Å². The Kier molecular flexibility index (Phi) is 6.94. The van der Waals surface area contributed by atoms with Gasteiger partial charge in [0.25, 0.3) is 0 Å². The van der Waals surface area contributed by atoms with E-state index in [1.54, 1.807) is 6.92 Å². The average Bonchev–Trinajstić information content (AvgIpc) is 1.97. The number of aliphatic carboxylic acids is 1. The molecule has 0 heterocycles. The minimum atomic E-state index is -0.688. The van der Waals surface area contributed by atoms with Gasteiger partial charge in [0.15, 0.2) is 0 Å². The zero-order valence-electron chi connectivity index (χ0n) is 6.64. The monoisotopic (exact) mass is 271 g/mol. The normalized spacial score (nSPS) is 12.9. The third-order valence-electron chi connectivity index (χ3n) is 1.58. The Bertz CT molecular complexity index is 119. The number of unbranched alkanes of at least 4 members (excludes halogenated alkanes) is 1. The quantitative estimate of drug-likeness (QED) is 0.440. The summed E-state index contributed by atoms with van der Waals surface area (Å²) < 4.78 is 2.99. The summed E-state index contributed by atoms with van der Waals surface area (Å²) in [7, 11) is 0. The van der Waals surface area contributed by atoms with Crippen molar-refractivity contribution >= 4 is 28.8 Å². The number of carbonyl (C=O) groups is 1. The van der Waals surface area contributed by atoms with Crippen molar-refractivity contribution in [3.05, 3.63) is 0 Å². The van der Waals surface area contributed by atoms with Crippen LogP contribution in [0.25, 0.3) is 0 Å². The van der Waals surface area contributed by atoms with Crippen LogP contribution in [-0.2, 0) is 4.79 Å². The lowest BCUT2D eigenvalue weighted by Gasteiger charge is -2.04. The molecule has 0 rings (SSSR count). The highest BCUT2D eigenvalue weighted by atomic mass is 127. The minimum absolute atomic E-state index is 0.191. The summed E-state index contributed by atoms with van der Waals surface area (Å²) in [5, 5.41) is 8.52. The maximum absolute atomic E-state index is 10.3. The summed E-state index contributed by atoms with van der Waals surface area (Å²) in [5.74, 6) is -0.878. The molecule has 0 spiro atoms. The van der Waals surface area contributed by atoms with Crippen molar-refractivity contribution in [2.24, 2.45) is 5.92 Å². The first-order chi connectivity index (χ1) is 5.18. The first-order valence-corrected chi connectivity index (χ1v) is 4.82. The third kappa shape index (κ3) is 6.55. The molecule has 0 aromatic carbocycles. The van der Waals surface area contributed by atoms with Gasteiger partial charge in [0.05, 0.1) is 5.92 Å². The van der Waals surface area contributed by atoms with E-state index in [9.17, 15) is 4.79 Å². The molecule has 0 aliphatic rings. The summed E-state index contributed by atoms with van der Waals surface area (Å²) in [5.41, 5.74) is 0. The van der Waals surface area contributed by atoms with Crippen LogP contribution in [0.1, 0.15) is 26.2 Å². The van der Waals surface area contributed by atoms with Gasteiger partial charge < -0.3 is 5.11 Å². The van der Waals surface area contributed by atoms with Crippen LogP contribution in [0.15, 0.2) is 0 Å². The van der Waals surface area contributed by atoms with Crippen LogP contribution >= 0.6 is 22.9 Å². The Labute approximate surface area is 81.1 Å². The van der Waals surface area contributed by atoms with Crippen molar-refractivity contribution in [3.63, 3.8) is 0 Å². The maximum Gasteiger partial charge on any atom is 0.306 e. The first-order valence-electron chi connectivity index (χ1n) is 3.74. The lowest BCUT2D eigenvalue weighted by atomic mass is 10.1. The molecule has 0 unspecified atom stereocenters. The van der Waals surface area contributed by atoms with E-state index in [0.29, 0.717) is 0 Å². The van der Waals surface area contributed by atoms with Crippen LogP contribution in [0.4, 0.5) is 0 Å². The molecule has 3 nitrogen and oxygen atoms in total. The van der Waals surface area contributed by atoms with E-state index in [1.807, 2.05) is 0 Å². The summed E-state index contributed by atoms with van der Waals surface area (Å²) in [6, 6.07) is 0. The molecule has 0 saturated heterocycles. The van der Waals surface area contributed by atoms with Crippen molar-refractivity contribution in [2.45, 2.75) is 26.2 Å². The maximum atomic E-state index is 10.3. The van der Waals surface area contributed by atoms with E-state index < -0.39 is 5.97 Å². The molecule has 0 bridgehead atoms. The highest BCUT2D eigenvalue weighted by Crippen LogP contribution is 2.06. The highest BCUT2D eigenvalue weighted by molar-refractivity contribution is 14.1. The minimum Gasteiger partial charge on any atom is -0.481 e. The summed E-state index contributed by atoms with van der Waals surface area (Å²) in [6.45, 7) is 2.71. The second-order valence-electron chi connectivity index (χ2n) is 2.62. The fourth-order valence-electron chi connectivity index (χ4n) is 0.766. The summed E-state index contributed by atoms with van der Waals surface area (Å²) in [4.78, 5) is 10.3. The molecule has 4 heteroatoms. The van der Waals surface area contributed by atoms with E-state index >= 15 is 0 Å². The third-order valence-corrected chi connectivity index (χ3v) is 2.12. The number of hydrogen-bond acceptors (Lipinski definition) is 2. The lowest BCUT2D eigenvalue weighted by molar-refractivity contribution is -0.141. The molecule has 2 N–H and O–H groups in total. The Morgan fingerprint density at radius 2 is 2.27 bits per heavy atom. The number of carboxylic acids is 1. The number of carboxylic acid groups (broad SMARTS) is 1. The van der Waals surface area contributed by atoms with Gasteiger partial charge in [-0.3, -0.25) is 8.32 Å².